The first-order valence-corrected chi connectivity index (χ1v) is 6.66. The van der Waals surface area contributed by atoms with Crippen LogP contribution in [0.3, 0.4) is 0 Å². The maximum atomic E-state index is 5.78. The van der Waals surface area contributed by atoms with Crippen LogP contribution in [0.15, 0.2) is 0 Å². The first kappa shape index (κ1) is 11.3. The number of hydrogen-bond acceptors (Lipinski definition) is 2. The lowest BCUT2D eigenvalue weighted by Crippen LogP contribution is -2.54. The number of thiocarbonyl (C=S) groups is 1. The van der Waals surface area contributed by atoms with Crippen molar-refractivity contribution >= 4 is 17.2 Å². The lowest BCUT2D eigenvalue weighted by atomic mass is 9.78. The highest BCUT2D eigenvalue weighted by Crippen LogP contribution is 2.36. The summed E-state index contributed by atoms with van der Waals surface area (Å²) in [5, 5.41) is 0. The van der Waals surface area contributed by atoms with Gasteiger partial charge in [0.1, 0.15) is 0 Å². The van der Waals surface area contributed by atoms with E-state index in [-0.39, 0.29) is 0 Å². The van der Waals surface area contributed by atoms with E-state index in [0.29, 0.717) is 11.0 Å². The van der Waals surface area contributed by atoms with Crippen LogP contribution >= 0.6 is 12.2 Å². The van der Waals surface area contributed by atoms with Crippen LogP contribution in [-0.4, -0.2) is 28.5 Å². The molecule has 3 atom stereocenters. The topological polar surface area (TPSA) is 29.3 Å². The third kappa shape index (κ3) is 2.34. The van der Waals surface area contributed by atoms with Crippen LogP contribution in [0.1, 0.15) is 45.4 Å². The Bertz CT molecular complexity index is 240. The zero-order valence-corrected chi connectivity index (χ0v) is 10.4. The fourth-order valence-electron chi connectivity index (χ4n) is 3.31. The monoisotopic (exact) mass is 226 g/mol. The van der Waals surface area contributed by atoms with Gasteiger partial charge in [-0.15, -0.1) is 0 Å². The molecule has 0 spiro atoms. The molecule has 0 amide bonds. The highest BCUT2D eigenvalue weighted by Gasteiger charge is 2.35. The summed E-state index contributed by atoms with van der Waals surface area (Å²) in [6.45, 7) is 3.36. The van der Waals surface area contributed by atoms with Gasteiger partial charge in [0, 0.05) is 6.04 Å². The average Bonchev–Trinajstić information content (AvgIpc) is 2.27. The first-order chi connectivity index (χ1) is 7.20. The molecule has 2 aliphatic rings. The molecular formula is C12H22N2S. The van der Waals surface area contributed by atoms with Crippen molar-refractivity contribution in [2.75, 3.05) is 6.54 Å². The van der Waals surface area contributed by atoms with E-state index in [1.807, 2.05) is 0 Å². The minimum absolute atomic E-state index is 0.297. The summed E-state index contributed by atoms with van der Waals surface area (Å²) in [5.74, 6) is 0.921. The molecule has 15 heavy (non-hydrogen) atoms. The predicted molar refractivity (Wildman–Crippen MR) is 67.9 cm³/mol. The van der Waals surface area contributed by atoms with Crippen LogP contribution in [0.5, 0.6) is 0 Å². The maximum absolute atomic E-state index is 5.78. The highest BCUT2D eigenvalue weighted by molar-refractivity contribution is 7.80. The third-order valence-corrected chi connectivity index (χ3v) is 4.54. The van der Waals surface area contributed by atoms with Crippen LogP contribution in [0.2, 0.25) is 0 Å². The van der Waals surface area contributed by atoms with Crippen molar-refractivity contribution < 1.29 is 0 Å². The van der Waals surface area contributed by atoms with Gasteiger partial charge in [0.2, 0.25) is 0 Å². The molecule has 0 bridgehead atoms. The number of piperidine rings is 1. The molecule has 1 saturated carbocycles. The van der Waals surface area contributed by atoms with Crippen molar-refractivity contribution in [3.05, 3.63) is 0 Å². The van der Waals surface area contributed by atoms with Crippen molar-refractivity contribution in [2.24, 2.45) is 11.7 Å². The summed E-state index contributed by atoms with van der Waals surface area (Å²) in [7, 11) is 0. The van der Waals surface area contributed by atoms with Crippen LogP contribution in [0, 0.1) is 5.92 Å². The van der Waals surface area contributed by atoms with Crippen LogP contribution in [0.25, 0.3) is 0 Å². The Morgan fingerprint density at radius 2 is 1.93 bits per heavy atom. The molecular weight excluding hydrogens is 204 g/mol. The van der Waals surface area contributed by atoms with E-state index in [0.717, 1.165) is 12.0 Å². The molecule has 0 aromatic heterocycles. The highest BCUT2D eigenvalue weighted by atomic mass is 32.1. The smallest absolute Gasteiger partial charge is 0.0899 e. The number of rotatable bonds is 2. The van der Waals surface area contributed by atoms with E-state index in [1.165, 1.54) is 45.1 Å². The molecule has 3 heteroatoms. The SMILES string of the molecule is CC(C(N)=S)N1CCC[C@H]2CCCC[C@H]21. The largest absolute Gasteiger partial charge is 0.392 e. The van der Waals surface area contributed by atoms with Crippen LogP contribution in [0.4, 0.5) is 0 Å². The summed E-state index contributed by atoms with van der Waals surface area (Å²) in [5.41, 5.74) is 5.78. The quantitative estimate of drug-likeness (QED) is 0.733. The molecule has 2 fully saturated rings. The van der Waals surface area contributed by atoms with Gasteiger partial charge in [0.15, 0.2) is 0 Å². The number of fused-ring (bicyclic) bond motifs is 1. The molecule has 1 aliphatic heterocycles. The van der Waals surface area contributed by atoms with Crippen LogP contribution in [-0.2, 0) is 0 Å². The minimum atomic E-state index is 0.297. The zero-order chi connectivity index (χ0) is 10.8. The van der Waals surface area contributed by atoms with Crippen molar-refractivity contribution in [2.45, 2.75) is 57.5 Å². The molecule has 1 aliphatic carbocycles. The Labute approximate surface area is 98.2 Å². The lowest BCUT2D eigenvalue weighted by Gasteiger charge is -2.46. The molecule has 0 aromatic rings. The van der Waals surface area contributed by atoms with Crippen molar-refractivity contribution in [3.63, 3.8) is 0 Å². The number of hydrogen-bond donors (Lipinski definition) is 1. The summed E-state index contributed by atoms with van der Waals surface area (Å²) in [6.07, 6.45) is 8.35. The maximum Gasteiger partial charge on any atom is 0.0899 e. The van der Waals surface area contributed by atoms with Crippen molar-refractivity contribution in [3.8, 4) is 0 Å². The minimum Gasteiger partial charge on any atom is -0.392 e. The molecule has 1 saturated heterocycles. The Morgan fingerprint density at radius 1 is 1.27 bits per heavy atom. The molecule has 86 valence electrons. The fourth-order valence-corrected chi connectivity index (χ4v) is 3.44. The molecule has 0 aromatic carbocycles. The zero-order valence-electron chi connectivity index (χ0n) is 9.61. The molecule has 2 rings (SSSR count). The van der Waals surface area contributed by atoms with Gasteiger partial charge >= 0.3 is 0 Å². The molecule has 2 N–H and O–H groups in total. The number of nitrogens with two attached hydrogens (primary N) is 1. The summed E-state index contributed by atoms with van der Waals surface area (Å²) in [4.78, 5) is 3.23. The molecule has 0 radical (unpaired) electrons. The second-order valence-corrected chi connectivity index (χ2v) is 5.54. The van der Waals surface area contributed by atoms with E-state index < -0.39 is 0 Å². The second-order valence-electron chi connectivity index (χ2n) is 5.07. The second kappa shape index (κ2) is 4.79. The molecule has 1 heterocycles. The van der Waals surface area contributed by atoms with Crippen LogP contribution < -0.4 is 5.73 Å². The fraction of sp³-hybridized carbons (Fsp3) is 0.917. The van der Waals surface area contributed by atoms with Gasteiger partial charge in [0.05, 0.1) is 11.0 Å². The lowest BCUT2D eigenvalue weighted by molar-refractivity contribution is 0.0507. The first-order valence-electron chi connectivity index (χ1n) is 6.25. The summed E-state index contributed by atoms with van der Waals surface area (Å²) in [6, 6.07) is 1.06. The number of nitrogens with zero attached hydrogens (tertiary/aromatic N) is 1. The average molecular weight is 226 g/mol. The van der Waals surface area contributed by atoms with E-state index >= 15 is 0 Å². The molecule has 2 nitrogen and oxygen atoms in total. The Hall–Kier alpha value is -0.150. The van der Waals surface area contributed by atoms with E-state index in [9.17, 15) is 0 Å². The van der Waals surface area contributed by atoms with Gasteiger partial charge in [-0.05, 0) is 45.1 Å². The number of likely N-dealkylation sites (tertiary alicyclic amines) is 1. The van der Waals surface area contributed by atoms with Gasteiger partial charge < -0.3 is 5.73 Å². The van der Waals surface area contributed by atoms with Gasteiger partial charge in [-0.25, -0.2) is 0 Å². The Morgan fingerprint density at radius 3 is 2.67 bits per heavy atom. The van der Waals surface area contributed by atoms with Crippen molar-refractivity contribution in [1.82, 2.24) is 4.90 Å². The van der Waals surface area contributed by atoms with E-state index in [2.05, 4.69) is 11.8 Å². The Balaban J connectivity index is 2.06. The summed E-state index contributed by atoms with van der Waals surface area (Å²) < 4.78 is 0. The van der Waals surface area contributed by atoms with E-state index in [1.54, 1.807) is 0 Å². The van der Waals surface area contributed by atoms with E-state index in [4.69, 9.17) is 18.0 Å². The summed E-state index contributed by atoms with van der Waals surface area (Å²) >= 11 is 5.13. The normalized spacial score (nSPS) is 34.5. The van der Waals surface area contributed by atoms with Gasteiger partial charge in [0.25, 0.3) is 0 Å². The van der Waals surface area contributed by atoms with Gasteiger partial charge in [-0.1, -0.05) is 25.1 Å². The van der Waals surface area contributed by atoms with Gasteiger partial charge in [-0.2, -0.15) is 0 Å². The van der Waals surface area contributed by atoms with Crippen molar-refractivity contribution in [1.29, 1.82) is 0 Å². The molecule has 1 unspecified atom stereocenters. The third-order valence-electron chi connectivity index (χ3n) is 4.20. The predicted octanol–water partition coefficient (Wildman–Crippen LogP) is 2.32. The Kier molecular flexibility index (Phi) is 3.62. The van der Waals surface area contributed by atoms with Gasteiger partial charge in [-0.3, -0.25) is 4.90 Å². The standard InChI is InChI=1S/C12H22N2S/c1-9(12(13)15)14-8-4-6-10-5-2-3-7-11(10)14/h9-11H,2-8H2,1H3,(H2,13,15)/t9?,10-,11-/m1/s1.